The van der Waals surface area contributed by atoms with Crippen LogP contribution in [0.2, 0.25) is 0 Å². The second-order valence-corrected chi connectivity index (χ2v) is 4.35. The predicted molar refractivity (Wildman–Crippen MR) is 74.5 cm³/mol. The Morgan fingerprint density at radius 1 is 1.32 bits per heavy atom. The molecular formula is C14H22N2O3. The Bertz CT molecular complexity index is 421. The van der Waals surface area contributed by atoms with Crippen LogP contribution in [0.15, 0.2) is 18.2 Å². The van der Waals surface area contributed by atoms with Gasteiger partial charge in [0.15, 0.2) is 0 Å². The smallest absolute Gasteiger partial charge is 0.224 e. The molecule has 0 radical (unpaired) electrons. The Labute approximate surface area is 114 Å². The van der Waals surface area contributed by atoms with Crippen molar-refractivity contribution < 1.29 is 14.3 Å². The lowest BCUT2D eigenvalue weighted by atomic mass is 10.1. The third-order valence-electron chi connectivity index (χ3n) is 2.91. The monoisotopic (exact) mass is 266 g/mol. The maximum Gasteiger partial charge on any atom is 0.224 e. The first-order chi connectivity index (χ1) is 9.12. The molecular weight excluding hydrogens is 244 g/mol. The third kappa shape index (κ3) is 4.44. The fraction of sp³-hybridized carbons (Fsp3) is 0.500. The molecule has 1 amide bonds. The number of hydrogen-bond acceptors (Lipinski definition) is 4. The van der Waals surface area contributed by atoms with Crippen LogP contribution in [0.5, 0.6) is 11.5 Å². The van der Waals surface area contributed by atoms with Crippen molar-refractivity contribution in [3.8, 4) is 11.5 Å². The molecule has 2 N–H and O–H groups in total. The number of benzene rings is 1. The number of amides is 1. The fourth-order valence-electron chi connectivity index (χ4n) is 1.75. The Balaban J connectivity index is 2.64. The van der Waals surface area contributed by atoms with E-state index in [1.165, 1.54) is 0 Å². The highest BCUT2D eigenvalue weighted by atomic mass is 16.5. The number of rotatable bonds is 7. The molecule has 1 aromatic carbocycles. The Morgan fingerprint density at radius 2 is 2.05 bits per heavy atom. The zero-order valence-corrected chi connectivity index (χ0v) is 11.9. The van der Waals surface area contributed by atoms with E-state index in [0.29, 0.717) is 18.8 Å². The van der Waals surface area contributed by atoms with Crippen LogP contribution < -0.4 is 20.1 Å². The van der Waals surface area contributed by atoms with Gasteiger partial charge in [-0.2, -0.15) is 0 Å². The minimum atomic E-state index is -0.0609. The standard InChI is InChI=1S/C14H22N2O3/c1-10(8-15-2)14(17)16-9-11-5-6-12(18-3)7-13(11)19-4/h5-7,10,15H,8-9H2,1-4H3,(H,16,17). The first-order valence-corrected chi connectivity index (χ1v) is 6.25. The lowest BCUT2D eigenvalue weighted by Crippen LogP contribution is -2.33. The van der Waals surface area contributed by atoms with E-state index in [9.17, 15) is 4.79 Å². The van der Waals surface area contributed by atoms with E-state index in [0.717, 1.165) is 11.3 Å². The highest BCUT2D eigenvalue weighted by Crippen LogP contribution is 2.24. The molecule has 0 aliphatic carbocycles. The first-order valence-electron chi connectivity index (χ1n) is 6.25. The summed E-state index contributed by atoms with van der Waals surface area (Å²) in [5.41, 5.74) is 0.924. The van der Waals surface area contributed by atoms with Crippen molar-refractivity contribution in [3.05, 3.63) is 23.8 Å². The van der Waals surface area contributed by atoms with Crippen molar-refractivity contribution in [2.45, 2.75) is 13.5 Å². The molecule has 0 aromatic heterocycles. The van der Waals surface area contributed by atoms with Gasteiger partial charge >= 0.3 is 0 Å². The van der Waals surface area contributed by atoms with Crippen molar-refractivity contribution in [2.75, 3.05) is 27.8 Å². The molecule has 19 heavy (non-hydrogen) atoms. The van der Waals surface area contributed by atoms with Crippen LogP contribution in [0.1, 0.15) is 12.5 Å². The Kier molecular flexibility index (Phi) is 6.15. The second kappa shape index (κ2) is 7.63. The largest absolute Gasteiger partial charge is 0.497 e. The lowest BCUT2D eigenvalue weighted by molar-refractivity contribution is -0.124. The summed E-state index contributed by atoms with van der Waals surface area (Å²) >= 11 is 0. The fourth-order valence-corrected chi connectivity index (χ4v) is 1.75. The van der Waals surface area contributed by atoms with Gasteiger partial charge in [0.25, 0.3) is 0 Å². The van der Waals surface area contributed by atoms with Gasteiger partial charge in [0.05, 0.1) is 14.2 Å². The van der Waals surface area contributed by atoms with E-state index in [1.807, 2.05) is 26.1 Å². The molecule has 1 rings (SSSR count). The van der Waals surface area contributed by atoms with Gasteiger partial charge in [-0.3, -0.25) is 4.79 Å². The average Bonchev–Trinajstić information content (AvgIpc) is 2.44. The summed E-state index contributed by atoms with van der Waals surface area (Å²) in [5, 5.41) is 5.88. The molecule has 0 saturated carbocycles. The molecule has 1 aromatic rings. The molecule has 5 heteroatoms. The van der Waals surface area contributed by atoms with Gasteiger partial charge in [-0.05, 0) is 19.2 Å². The van der Waals surface area contributed by atoms with E-state index in [4.69, 9.17) is 9.47 Å². The van der Waals surface area contributed by atoms with Gasteiger partial charge in [-0.1, -0.05) is 6.92 Å². The van der Waals surface area contributed by atoms with Gasteiger partial charge in [0.2, 0.25) is 5.91 Å². The Morgan fingerprint density at radius 3 is 2.63 bits per heavy atom. The molecule has 0 spiro atoms. The topological polar surface area (TPSA) is 59.6 Å². The van der Waals surface area contributed by atoms with Crippen LogP contribution in [0, 0.1) is 5.92 Å². The molecule has 0 saturated heterocycles. The van der Waals surface area contributed by atoms with Crippen molar-refractivity contribution in [1.82, 2.24) is 10.6 Å². The van der Waals surface area contributed by atoms with Crippen molar-refractivity contribution in [1.29, 1.82) is 0 Å². The molecule has 1 atom stereocenters. The Hall–Kier alpha value is -1.75. The number of carbonyl (C=O) groups excluding carboxylic acids is 1. The lowest BCUT2D eigenvalue weighted by Gasteiger charge is -2.14. The first kappa shape index (κ1) is 15.3. The zero-order chi connectivity index (χ0) is 14.3. The summed E-state index contributed by atoms with van der Waals surface area (Å²) in [6.07, 6.45) is 0. The quantitative estimate of drug-likeness (QED) is 0.778. The summed E-state index contributed by atoms with van der Waals surface area (Å²) in [4.78, 5) is 11.8. The molecule has 0 bridgehead atoms. The SMILES string of the molecule is CNCC(C)C(=O)NCc1ccc(OC)cc1OC. The molecule has 5 nitrogen and oxygen atoms in total. The molecule has 1 unspecified atom stereocenters. The van der Waals surface area contributed by atoms with Crippen molar-refractivity contribution in [2.24, 2.45) is 5.92 Å². The predicted octanol–water partition coefficient (Wildman–Crippen LogP) is 1.18. The summed E-state index contributed by atoms with van der Waals surface area (Å²) in [6, 6.07) is 5.54. The van der Waals surface area contributed by atoms with Gasteiger partial charge < -0.3 is 20.1 Å². The van der Waals surface area contributed by atoms with Crippen molar-refractivity contribution in [3.63, 3.8) is 0 Å². The van der Waals surface area contributed by atoms with E-state index in [1.54, 1.807) is 20.3 Å². The molecule has 0 heterocycles. The van der Waals surface area contributed by atoms with Gasteiger partial charge in [0, 0.05) is 30.6 Å². The van der Waals surface area contributed by atoms with E-state index < -0.39 is 0 Å². The number of methoxy groups -OCH3 is 2. The normalized spacial score (nSPS) is 11.8. The number of hydrogen-bond donors (Lipinski definition) is 2. The summed E-state index contributed by atoms with van der Waals surface area (Å²) < 4.78 is 10.4. The second-order valence-electron chi connectivity index (χ2n) is 4.35. The van der Waals surface area contributed by atoms with E-state index >= 15 is 0 Å². The van der Waals surface area contributed by atoms with Crippen LogP contribution in [0.3, 0.4) is 0 Å². The van der Waals surface area contributed by atoms with Crippen LogP contribution in [0.25, 0.3) is 0 Å². The molecule has 0 aliphatic heterocycles. The molecule has 106 valence electrons. The van der Waals surface area contributed by atoms with Crippen LogP contribution >= 0.6 is 0 Å². The molecule has 0 aliphatic rings. The summed E-state index contributed by atoms with van der Waals surface area (Å²) in [5.74, 6) is 1.40. The van der Waals surface area contributed by atoms with E-state index in [-0.39, 0.29) is 11.8 Å². The zero-order valence-electron chi connectivity index (χ0n) is 11.9. The minimum absolute atomic E-state index is 0.0206. The van der Waals surface area contributed by atoms with Gasteiger partial charge in [0.1, 0.15) is 11.5 Å². The maximum absolute atomic E-state index is 11.8. The van der Waals surface area contributed by atoms with E-state index in [2.05, 4.69) is 10.6 Å². The van der Waals surface area contributed by atoms with Crippen molar-refractivity contribution >= 4 is 5.91 Å². The highest BCUT2D eigenvalue weighted by molar-refractivity contribution is 5.78. The minimum Gasteiger partial charge on any atom is -0.497 e. The average molecular weight is 266 g/mol. The highest BCUT2D eigenvalue weighted by Gasteiger charge is 2.12. The summed E-state index contributed by atoms with van der Waals surface area (Å²) in [6.45, 7) is 2.99. The van der Waals surface area contributed by atoms with Crippen LogP contribution in [-0.4, -0.2) is 33.7 Å². The van der Waals surface area contributed by atoms with Crippen LogP contribution in [-0.2, 0) is 11.3 Å². The van der Waals surface area contributed by atoms with Gasteiger partial charge in [-0.25, -0.2) is 0 Å². The van der Waals surface area contributed by atoms with Crippen LogP contribution in [0.4, 0.5) is 0 Å². The van der Waals surface area contributed by atoms with Gasteiger partial charge in [-0.15, -0.1) is 0 Å². The third-order valence-corrected chi connectivity index (χ3v) is 2.91. The summed E-state index contributed by atoms with van der Waals surface area (Å²) in [7, 11) is 5.04. The maximum atomic E-state index is 11.8. The number of carbonyl (C=O) groups is 1. The number of nitrogens with one attached hydrogen (secondary N) is 2. The number of ether oxygens (including phenoxy) is 2. The molecule has 0 fully saturated rings.